The van der Waals surface area contributed by atoms with Crippen molar-refractivity contribution in [3.63, 3.8) is 0 Å². The standard InChI is InChI=1S/C37H39Cl2F3N6O4/c1-2-52-30-21-26(37(40,41)42)7-12-29(30)35-44-32(23-3-8-27(38)9-4-23)33(24-5-10-28(39)11-6-24)48(35)36(51)47-19-17-46(18-20-47)31(49)22-45-15-13-25(14-16-45)34(43)50/h3-12,21,25,32-33H,2,13-20,22H2,1H3,(H2,43,50). The first-order chi connectivity index (χ1) is 24.8. The van der Waals surface area contributed by atoms with Gasteiger partial charge in [0.2, 0.25) is 11.8 Å². The summed E-state index contributed by atoms with van der Waals surface area (Å²) in [6, 6.07) is 15.4. The minimum atomic E-state index is -4.62. The van der Waals surface area contributed by atoms with E-state index in [9.17, 15) is 27.6 Å². The first kappa shape index (κ1) is 37.4. The zero-order valence-electron chi connectivity index (χ0n) is 28.5. The van der Waals surface area contributed by atoms with Crippen LogP contribution in [0, 0.1) is 5.92 Å². The number of carbonyl (C=O) groups is 3. The van der Waals surface area contributed by atoms with Crippen LogP contribution in [0.2, 0.25) is 10.0 Å². The van der Waals surface area contributed by atoms with Crippen LogP contribution < -0.4 is 10.5 Å². The van der Waals surface area contributed by atoms with Crippen LogP contribution in [-0.4, -0.2) is 95.7 Å². The van der Waals surface area contributed by atoms with Crippen molar-refractivity contribution in [2.24, 2.45) is 16.6 Å². The molecule has 2 saturated heterocycles. The van der Waals surface area contributed by atoms with Crippen LogP contribution in [-0.2, 0) is 15.8 Å². The molecule has 10 nitrogen and oxygen atoms in total. The molecule has 2 unspecified atom stereocenters. The third-order valence-corrected chi connectivity index (χ3v) is 10.3. The fraction of sp³-hybridized carbons (Fsp3) is 0.405. The lowest BCUT2D eigenvalue weighted by atomic mass is 9.93. The van der Waals surface area contributed by atoms with Gasteiger partial charge in [0.05, 0.1) is 30.3 Å². The maximum absolute atomic E-state index is 14.8. The molecule has 0 radical (unpaired) electrons. The van der Waals surface area contributed by atoms with Crippen LogP contribution in [0.4, 0.5) is 18.0 Å². The Morgan fingerprint density at radius 3 is 1.98 bits per heavy atom. The Labute approximate surface area is 309 Å². The van der Waals surface area contributed by atoms with E-state index in [1.54, 1.807) is 53.1 Å². The van der Waals surface area contributed by atoms with E-state index in [-0.39, 0.29) is 61.1 Å². The van der Waals surface area contributed by atoms with Gasteiger partial charge in [-0.15, -0.1) is 0 Å². The normalized spacial score (nSPS) is 20.2. The zero-order chi connectivity index (χ0) is 37.2. The van der Waals surface area contributed by atoms with E-state index < -0.39 is 29.9 Å². The molecule has 0 aromatic heterocycles. The van der Waals surface area contributed by atoms with Crippen molar-refractivity contribution in [2.75, 3.05) is 52.4 Å². The third-order valence-electron chi connectivity index (χ3n) is 9.80. The number of piperazine rings is 1. The Balaban J connectivity index is 1.32. The Morgan fingerprint density at radius 1 is 0.846 bits per heavy atom. The third kappa shape index (κ3) is 8.16. The number of aliphatic imine (C=N–C) groups is 1. The molecule has 15 heteroatoms. The predicted molar refractivity (Wildman–Crippen MR) is 191 cm³/mol. The lowest BCUT2D eigenvalue weighted by Crippen LogP contribution is -2.56. The van der Waals surface area contributed by atoms with Gasteiger partial charge in [-0.2, -0.15) is 13.2 Å². The number of rotatable bonds is 8. The summed E-state index contributed by atoms with van der Waals surface area (Å²) in [4.78, 5) is 51.6. The molecule has 6 rings (SSSR count). The minimum absolute atomic E-state index is 0.0595. The highest BCUT2D eigenvalue weighted by Gasteiger charge is 2.45. The second-order valence-corrected chi connectivity index (χ2v) is 13.9. The van der Waals surface area contributed by atoms with Gasteiger partial charge in [0.25, 0.3) is 0 Å². The summed E-state index contributed by atoms with van der Waals surface area (Å²) < 4.78 is 47.3. The Hall–Kier alpha value is -4.33. The number of nitrogens with two attached hydrogens (primary N) is 1. The van der Waals surface area contributed by atoms with Gasteiger partial charge in [0.15, 0.2) is 0 Å². The number of carbonyl (C=O) groups excluding carboxylic acids is 3. The second-order valence-electron chi connectivity index (χ2n) is 13.1. The number of piperidine rings is 1. The van der Waals surface area contributed by atoms with Crippen molar-refractivity contribution in [3.8, 4) is 5.75 Å². The van der Waals surface area contributed by atoms with Gasteiger partial charge in [-0.05, 0) is 86.4 Å². The molecule has 0 bridgehead atoms. The number of hydrogen-bond acceptors (Lipinski definition) is 6. The average molecular weight is 760 g/mol. The number of nitrogens with zero attached hydrogens (tertiary/aromatic N) is 5. The molecule has 52 heavy (non-hydrogen) atoms. The molecular weight excluding hydrogens is 720 g/mol. The minimum Gasteiger partial charge on any atom is -0.493 e. The van der Waals surface area contributed by atoms with Crippen LogP contribution >= 0.6 is 23.2 Å². The predicted octanol–water partition coefficient (Wildman–Crippen LogP) is 6.42. The van der Waals surface area contributed by atoms with Gasteiger partial charge >= 0.3 is 12.2 Å². The number of alkyl halides is 3. The van der Waals surface area contributed by atoms with E-state index in [1.807, 2.05) is 17.0 Å². The van der Waals surface area contributed by atoms with E-state index in [0.29, 0.717) is 54.6 Å². The fourth-order valence-electron chi connectivity index (χ4n) is 6.98. The van der Waals surface area contributed by atoms with E-state index in [4.69, 9.17) is 38.7 Å². The van der Waals surface area contributed by atoms with Crippen molar-refractivity contribution in [2.45, 2.75) is 38.0 Å². The van der Waals surface area contributed by atoms with Crippen molar-refractivity contribution >= 4 is 46.9 Å². The molecule has 2 atom stereocenters. The highest BCUT2D eigenvalue weighted by Crippen LogP contribution is 2.46. The number of benzene rings is 3. The first-order valence-electron chi connectivity index (χ1n) is 17.1. The van der Waals surface area contributed by atoms with E-state index in [0.717, 1.165) is 17.7 Å². The Morgan fingerprint density at radius 2 is 1.42 bits per heavy atom. The smallest absolute Gasteiger partial charge is 0.416 e. The first-order valence-corrected chi connectivity index (χ1v) is 17.9. The summed E-state index contributed by atoms with van der Waals surface area (Å²) in [5.41, 5.74) is 6.23. The Bertz CT molecular complexity index is 1810. The molecule has 2 N–H and O–H groups in total. The summed E-state index contributed by atoms with van der Waals surface area (Å²) in [6.07, 6.45) is -3.40. The van der Waals surface area contributed by atoms with E-state index in [2.05, 4.69) is 0 Å². The van der Waals surface area contributed by atoms with Crippen LogP contribution in [0.1, 0.15) is 54.1 Å². The number of amides is 4. The topological polar surface area (TPSA) is 112 Å². The number of hydrogen-bond donors (Lipinski definition) is 1. The number of halogens is 5. The summed E-state index contributed by atoms with van der Waals surface area (Å²) in [5.74, 6) is -0.469. The van der Waals surface area contributed by atoms with Crippen molar-refractivity contribution in [1.29, 1.82) is 0 Å². The molecule has 0 spiro atoms. The van der Waals surface area contributed by atoms with Crippen LogP contribution in [0.3, 0.4) is 0 Å². The summed E-state index contributed by atoms with van der Waals surface area (Å²) in [7, 11) is 0. The molecule has 2 fully saturated rings. The molecule has 0 saturated carbocycles. The SMILES string of the molecule is CCOc1cc(C(F)(F)F)ccc1C1=NC(c2ccc(Cl)cc2)C(c2ccc(Cl)cc2)N1C(=O)N1CCN(C(=O)CN2CCC(C(N)=O)CC2)CC1. The number of primary amides is 1. The molecule has 3 aliphatic rings. The highest BCUT2D eigenvalue weighted by atomic mass is 35.5. The van der Waals surface area contributed by atoms with Crippen molar-refractivity contribution in [3.05, 3.63) is 99.0 Å². The van der Waals surface area contributed by atoms with Crippen LogP contribution in [0.5, 0.6) is 5.75 Å². The monoisotopic (exact) mass is 758 g/mol. The Kier molecular flexibility index (Phi) is 11.3. The number of ether oxygens (including phenoxy) is 1. The summed E-state index contributed by atoms with van der Waals surface area (Å²) in [5, 5.41) is 0.995. The number of urea groups is 1. The quantitative estimate of drug-likeness (QED) is 0.285. The molecule has 3 heterocycles. The van der Waals surface area contributed by atoms with Gasteiger partial charge in [-0.25, -0.2) is 4.79 Å². The molecular formula is C37H39Cl2F3N6O4. The van der Waals surface area contributed by atoms with E-state index in [1.165, 1.54) is 11.0 Å². The maximum Gasteiger partial charge on any atom is 0.416 e. The average Bonchev–Trinajstić information content (AvgIpc) is 3.52. The lowest BCUT2D eigenvalue weighted by Gasteiger charge is -2.40. The summed E-state index contributed by atoms with van der Waals surface area (Å²) >= 11 is 12.5. The fourth-order valence-corrected chi connectivity index (χ4v) is 7.23. The van der Waals surface area contributed by atoms with Crippen LogP contribution in [0.25, 0.3) is 0 Å². The second kappa shape index (κ2) is 15.7. The van der Waals surface area contributed by atoms with Crippen molar-refractivity contribution in [1.82, 2.24) is 19.6 Å². The summed E-state index contributed by atoms with van der Waals surface area (Å²) in [6.45, 7) is 4.18. The highest BCUT2D eigenvalue weighted by molar-refractivity contribution is 6.30. The van der Waals surface area contributed by atoms with Gasteiger partial charge in [0, 0.05) is 42.1 Å². The number of amidine groups is 1. The number of likely N-dealkylation sites (tertiary alicyclic amines) is 1. The molecule has 276 valence electrons. The molecule has 3 aliphatic heterocycles. The molecule has 0 aliphatic carbocycles. The zero-order valence-corrected chi connectivity index (χ0v) is 30.0. The van der Waals surface area contributed by atoms with Gasteiger partial charge in [-0.1, -0.05) is 47.5 Å². The van der Waals surface area contributed by atoms with Crippen molar-refractivity contribution < 1.29 is 32.3 Å². The largest absolute Gasteiger partial charge is 0.493 e. The van der Waals surface area contributed by atoms with Crippen LogP contribution in [0.15, 0.2) is 71.7 Å². The van der Waals surface area contributed by atoms with Gasteiger partial charge in [-0.3, -0.25) is 24.4 Å². The molecule has 3 aromatic rings. The van der Waals surface area contributed by atoms with Gasteiger partial charge < -0.3 is 20.3 Å². The molecule has 3 aromatic carbocycles. The molecule has 4 amide bonds. The lowest BCUT2D eigenvalue weighted by molar-refractivity contribution is -0.137. The maximum atomic E-state index is 14.8. The van der Waals surface area contributed by atoms with E-state index >= 15 is 0 Å². The van der Waals surface area contributed by atoms with Gasteiger partial charge in [0.1, 0.15) is 17.6 Å².